The van der Waals surface area contributed by atoms with Crippen LogP contribution in [0.15, 0.2) is 18.2 Å². The van der Waals surface area contributed by atoms with Crippen molar-refractivity contribution < 1.29 is 19.1 Å². The zero-order valence-corrected chi connectivity index (χ0v) is 17.1. The highest BCUT2D eigenvalue weighted by Gasteiger charge is 2.36. The summed E-state index contributed by atoms with van der Waals surface area (Å²) in [6, 6.07) is 5.80. The monoisotopic (exact) mass is 389 g/mol. The fraction of sp³-hybridized carbons (Fsp3) is 0.619. The molecule has 0 radical (unpaired) electrons. The Morgan fingerprint density at radius 2 is 1.82 bits per heavy atom. The summed E-state index contributed by atoms with van der Waals surface area (Å²) in [7, 11) is 3.22. The van der Waals surface area contributed by atoms with Crippen molar-refractivity contribution >= 4 is 11.8 Å². The van der Waals surface area contributed by atoms with E-state index in [1.807, 2.05) is 28.0 Å². The minimum Gasteiger partial charge on any atom is -0.493 e. The van der Waals surface area contributed by atoms with Crippen molar-refractivity contribution in [3.8, 4) is 11.5 Å². The number of hydrogen-bond acceptors (Lipinski definition) is 5. The third kappa shape index (κ3) is 4.58. The number of amides is 2. The second-order valence-electron chi connectivity index (χ2n) is 7.44. The molecule has 2 aliphatic rings. The Kier molecular flexibility index (Phi) is 6.78. The Balaban J connectivity index is 1.53. The third-order valence-corrected chi connectivity index (χ3v) is 5.81. The van der Waals surface area contributed by atoms with Crippen LogP contribution in [-0.4, -0.2) is 86.5 Å². The number of carbonyl (C=O) groups excluding carboxylic acids is 2. The standard InChI is InChI=1S/C21H31N3O4/c1-4-22-9-11-23(12-10-22)21(26)17-14-20(25)24(15-17)8-7-16-5-6-18(27-2)19(13-16)28-3/h5-6,13,17H,4,7-12,14-15H2,1-3H3. The highest BCUT2D eigenvalue weighted by molar-refractivity contribution is 5.89. The summed E-state index contributed by atoms with van der Waals surface area (Å²) >= 11 is 0. The number of piperazine rings is 1. The van der Waals surface area contributed by atoms with Crippen LogP contribution in [0.2, 0.25) is 0 Å². The van der Waals surface area contributed by atoms with Gasteiger partial charge in [-0.05, 0) is 30.7 Å². The van der Waals surface area contributed by atoms with Crippen LogP contribution < -0.4 is 9.47 Å². The molecule has 1 aromatic rings. The van der Waals surface area contributed by atoms with Gasteiger partial charge in [0.05, 0.1) is 20.1 Å². The Bertz CT molecular complexity index is 701. The molecular weight excluding hydrogens is 358 g/mol. The van der Waals surface area contributed by atoms with E-state index in [-0.39, 0.29) is 17.7 Å². The molecular formula is C21H31N3O4. The molecule has 1 unspecified atom stereocenters. The number of nitrogens with zero attached hydrogens (tertiary/aromatic N) is 3. The van der Waals surface area contributed by atoms with Crippen LogP contribution in [0.5, 0.6) is 11.5 Å². The van der Waals surface area contributed by atoms with Crippen LogP contribution in [0.3, 0.4) is 0 Å². The fourth-order valence-electron chi connectivity index (χ4n) is 4.00. The number of ether oxygens (including phenoxy) is 2. The van der Waals surface area contributed by atoms with Crippen LogP contribution in [0.25, 0.3) is 0 Å². The number of likely N-dealkylation sites (N-methyl/N-ethyl adjacent to an activating group) is 1. The summed E-state index contributed by atoms with van der Waals surface area (Å²) in [4.78, 5) is 31.3. The van der Waals surface area contributed by atoms with Crippen molar-refractivity contribution in [1.82, 2.24) is 14.7 Å². The van der Waals surface area contributed by atoms with Gasteiger partial charge in [-0.3, -0.25) is 9.59 Å². The number of hydrogen-bond donors (Lipinski definition) is 0. The molecule has 2 saturated heterocycles. The summed E-state index contributed by atoms with van der Waals surface area (Å²) in [6.45, 7) is 7.68. The maximum atomic E-state index is 12.8. The Hall–Kier alpha value is -2.28. The van der Waals surface area contributed by atoms with Gasteiger partial charge >= 0.3 is 0 Å². The van der Waals surface area contributed by atoms with Gasteiger partial charge in [0.2, 0.25) is 11.8 Å². The zero-order valence-electron chi connectivity index (χ0n) is 17.1. The van der Waals surface area contributed by atoms with Crippen molar-refractivity contribution in [2.24, 2.45) is 5.92 Å². The van der Waals surface area contributed by atoms with Crippen LogP contribution >= 0.6 is 0 Å². The molecule has 7 heteroatoms. The summed E-state index contributed by atoms with van der Waals surface area (Å²) < 4.78 is 10.6. The summed E-state index contributed by atoms with van der Waals surface area (Å²) in [5.74, 6) is 1.39. The minimum absolute atomic E-state index is 0.0750. The molecule has 3 rings (SSSR count). The molecule has 0 N–H and O–H groups in total. The van der Waals surface area contributed by atoms with E-state index in [0.717, 1.165) is 44.7 Å². The third-order valence-electron chi connectivity index (χ3n) is 5.81. The predicted molar refractivity (Wildman–Crippen MR) is 107 cm³/mol. The molecule has 2 heterocycles. The van der Waals surface area contributed by atoms with Gasteiger partial charge in [-0.2, -0.15) is 0 Å². The van der Waals surface area contributed by atoms with Gasteiger partial charge in [0.25, 0.3) is 0 Å². The number of methoxy groups -OCH3 is 2. The van der Waals surface area contributed by atoms with Gasteiger partial charge in [-0.1, -0.05) is 13.0 Å². The van der Waals surface area contributed by atoms with Crippen LogP contribution in [-0.2, 0) is 16.0 Å². The molecule has 2 amide bonds. The molecule has 28 heavy (non-hydrogen) atoms. The lowest BCUT2D eigenvalue weighted by Gasteiger charge is -2.35. The molecule has 0 bridgehead atoms. The minimum atomic E-state index is -0.203. The maximum Gasteiger partial charge on any atom is 0.228 e. The number of likely N-dealkylation sites (tertiary alicyclic amines) is 1. The van der Waals surface area contributed by atoms with Gasteiger partial charge < -0.3 is 24.2 Å². The van der Waals surface area contributed by atoms with Crippen molar-refractivity contribution in [2.75, 3.05) is 60.0 Å². The SMILES string of the molecule is CCN1CCN(C(=O)C2CC(=O)N(CCc3ccc(OC)c(OC)c3)C2)CC1. The van der Waals surface area contributed by atoms with E-state index < -0.39 is 0 Å². The Morgan fingerprint density at radius 1 is 1.11 bits per heavy atom. The lowest BCUT2D eigenvalue weighted by molar-refractivity contribution is -0.137. The second-order valence-corrected chi connectivity index (χ2v) is 7.44. The number of carbonyl (C=O) groups is 2. The van der Waals surface area contributed by atoms with E-state index >= 15 is 0 Å². The summed E-state index contributed by atoms with van der Waals surface area (Å²) in [5, 5.41) is 0. The van der Waals surface area contributed by atoms with Crippen molar-refractivity contribution in [1.29, 1.82) is 0 Å². The van der Waals surface area contributed by atoms with Gasteiger partial charge in [-0.25, -0.2) is 0 Å². The Labute approximate surface area is 167 Å². The van der Waals surface area contributed by atoms with Gasteiger partial charge in [0.1, 0.15) is 0 Å². The zero-order chi connectivity index (χ0) is 20.1. The van der Waals surface area contributed by atoms with Crippen molar-refractivity contribution in [3.63, 3.8) is 0 Å². The van der Waals surface area contributed by atoms with E-state index in [1.165, 1.54) is 0 Å². The van der Waals surface area contributed by atoms with Crippen LogP contribution in [0.4, 0.5) is 0 Å². The second kappa shape index (κ2) is 9.28. The van der Waals surface area contributed by atoms with Gasteiger partial charge in [-0.15, -0.1) is 0 Å². The topological polar surface area (TPSA) is 62.3 Å². The molecule has 1 aromatic carbocycles. The molecule has 0 aromatic heterocycles. The van der Waals surface area contributed by atoms with Crippen LogP contribution in [0.1, 0.15) is 18.9 Å². The maximum absolute atomic E-state index is 12.8. The van der Waals surface area contributed by atoms with E-state index in [9.17, 15) is 9.59 Å². The van der Waals surface area contributed by atoms with Gasteiger partial charge in [0.15, 0.2) is 11.5 Å². The predicted octanol–water partition coefficient (Wildman–Crippen LogP) is 1.26. The van der Waals surface area contributed by atoms with E-state index in [0.29, 0.717) is 31.0 Å². The first-order chi connectivity index (χ1) is 13.5. The first-order valence-electron chi connectivity index (χ1n) is 10.1. The lowest BCUT2D eigenvalue weighted by atomic mass is 10.1. The molecule has 2 fully saturated rings. The van der Waals surface area contributed by atoms with Gasteiger partial charge in [0, 0.05) is 45.7 Å². The molecule has 7 nitrogen and oxygen atoms in total. The molecule has 1 atom stereocenters. The van der Waals surface area contributed by atoms with E-state index in [2.05, 4.69) is 11.8 Å². The average Bonchev–Trinajstić information content (AvgIpc) is 3.12. The first kappa shape index (κ1) is 20.5. The van der Waals surface area contributed by atoms with E-state index in [4.69, 9.17) is 9.47 Å². The number of benzene rings is 1. The largest absolute Gasteiger partial charge is 0.493 e. The van der Waals surface area contributed by atoms with Crippen molar-refractivity contribution in [3.05, 3.63) is 23.8 Å². The smallest absolute Gasteiger partial charge is 0.228 e. The molecule has 0 saturated carbocycles. The molecule has 0 spiro atoms. The van der Waals surface area contributed by atoms with Crippen LogP contribution in [0, 0.1) is 5.92 Å². The first-order valence-corrected chi connectivity index (χ1v) is 10.1. The van der Waals surface area contributed by atoms with E-state index in [1.54, 1.807) is 14.2 Å². The van der Waals surface area contributed by atoms with Crippen molar-refractivity contribution in [2.45, 2.75) is 19.8 Å². The number of rotatable bonds is 7. The molecule has 0 aliphatic carbocycles. The Morgan fingerprint density at radius 3 is 2.46 bits per heavy atom. The lowest BCUT2D eigenvalue weighted by Crippen LogP contribution is -2.50. The average molecular weight is 389 g/mol. The summed E-state index contributed by atoms with van der Waals surface area (Å²) in [6.07, 6.45) is 1.06. The normalized spacial score (nSPS) is 20.5. The molecule has 154 valence electrons. The fourth-order valence-corrected chi connectivity index (χ4v) is 4.00. The highest BCUT2D eigenvalue weighted by atomic mass is 16.5. The highest BCUT2D eigenvalue weighted by Crippen LogP contribution is 2.28. The quantitative estimate of drug-likeness (QED) is 0.703. The summed E-state index contributed by atoms with van der Waals surface area (Å²) in [5.41, 5.74) is 1.08. The molecule has 2 aliphatic heterocycles.